The number of nitrogens with zero attached hydrogens (tertiary/aromatic N) is 1. The molecule has 58 valence electrons. The van der Waals surface area contributed by atoms with E-state index < -0.39 is 0 Å². The molecular formula is C8H8BrNO. The van der Waals surface area contributed by atoms with Crippen LogP contribution in [0.1, 0.15) is 5.56 Å². The van der Waals surface area contributed by atoms with Crippen molar-refractivity contribution in [2.24, 2.45) is 0 Å². The number of hydrogen-bond donors (Lipinski definition) is 0. The van der Waals surface area contributed by atoms with Crippen molar-refractivity contribution in [1.82, 2.24) is 0 Å². The minimum absolute atomic E-state index is 0.778. The topological polar surface area (TPSA) is 26.1 Å². The van der Waals surface area contributed by atoms with Gasteiger partial charge in [-0.3, -0.25) is 0 Å². The maximum Gasteiger partial charge on any atom is 0.182 e. The lowest BCUT2D eigenvalue weighted by Crippen LogP contribution is -1.97. The normalized spacial score (nSPS) is 11.6. The second-order valence-electron chi connectivity index (χ2n) is 2.20. The molecule has 0 radical (unpaired) electrons. The van der Waals surface area contributed by atoms with Crippen LogP contribution in [-0.4, -0.2) is 18.0 Å². The van der Waals surface area contributed by atoms with Crippen LogP contribution in [-0.2, 0) is 0 Å². The monoisotopic (exact) mass is 213 g/mol. The molecule has 0 aliphatic rings. The Bertz CT molecular complexity index is 279. The molecule has 1 aromatic rings. The lowest BCUT2D eigenvalue weighted by Gasteiger charge is -1.97. The van der Waals surface area contributed by atoms with E-state index in [2.05, 4.69) is 15.9 Å². The van der Waals surface area contributed by atoms with Gasteiger partial charge in [-0.15, -0.1) is 0 Å². The van der Waals surface area contributed by atoms with Crippen molar-refractivity contribution in [1.29, 1.82) is 0 Å². The Kier molecular flexibility index (Phi) is 2.65. The Balaban J connectivity index is 3.04. The highest BCUT2D eigenvalue weighted by Gasteiger charge is 1.96. The first-order chi connectivity index (χ1) is 5.20. The van der Waals surface area contributed by atoms with Gasteiger partial charge in [0.1, 0.15) is 7.05 Å². The summed E-state index contributed by atoms with van der Waals surface area (Å²) >= 11 is 3.33. The van der Waals surface area contributed by atoms with Gasteiger partial charge in [0.05, 0.1) is 5.56 Å². The van der Waals surface area contributed by atoms with Crippen molar-refractivity contribution in [3.8, 4) is 0 Å². The second kappa shape index (κ2) is 3.53. The molecule has 0 aliphatic heterocycles. The summed E-state index contributed by atoms with van der Waals surface area (Å²) in [5.74, 6) is 0. The van der Waals surface area contributed by atoms with Crippen LogP contribution >= 0.6 is 15.9 Å². The maximum atomic E-state index is 10.6. The van der Waals surface area contributed by atoms with E-state index in [4.69, 9.17) is 0 Å². The van der Waals surface area contributed by atoms with Crippen molar-refractivity contribution in [2.45, 2.75) is 0 Å². The summed E-state index contributed by atoms with van der Waals surface area (Å²) in [4.78, 5) is 0. The van der Waals surface area contributed by atoms with Gasteiger partial charge < -0.3 is 5.21 Å². The summed E-state index contributed by atoms with van der Waals surface area (Å²) in [6.45, 7) is 0. The molecule has 0 spiro atoms. The molecule has 2 nitrogen and oxygen atoms in total. The van der Waals surface area contributed by atoms with E-state index in [1.165, 1.54) is 13.3 Å². The molecule has 0 atom stereocenters. The largest absolute Gasteiger partial charge is 0.624 e. The first kappa shape index (κ1) is 8.27. The van der Waals surface area contributed by atoms with E-state index >= 15 is 0 Å². The molecule has 0 saturated carbocycles. The van der Waals surface area contributed by atoms with Gasteiger partial charge in [-0.05, 0) is 28.1 Å². The van der Waals surface area contributed by atoms with Gasteiger partial charge in [0.2, 0.25) is 0 Å². The lowest BCUT2D eigenvalue weighted by molar-refractivity contribution is -0.416. The second-order valence-corrected chi connectivity index (χ2v) is 3.05. The molecule has 0 aliphatic carbocycles. The Morgan fingerprint density at radius 3 is 2.64 bits per heavy atom. The molecule has 1 rings (SSSR count). The van der Waals surface area contributed by atoms with Crippen LogP contribution in [0.5, 0.6) is 0 Å². The van der Waals surface area contributed by atoms with Gasteiger partial charge in [0.15, 0.2) is 6.21 Å². The Morgan fingerprint density at radius 2 is 2.09 bits per heavy atom. The summed E-state index contributed by atoms with van der Waals surface area (Å²) < 4.78 is 1.71. The minimum Gasteiger partial charge on any atom is -0.624 e. The summed E-state index contributed by atoms with van der Waals surface area (Å²) in [5, 5.41) is 10.6. The Morgan fingerprint density at radius 1 is 1.45 bits per heavy atom. The zero-order valence-corrected chi connectivity index (χ0v) is 7.71. The fourth-order valence-corrected chi connectivity index (χ4v) is 1.16. The highest BCUT2D eigenvalue weighted by atomic mass is 79.9. The van der Waals surface area contributed by atoms with E-state index in [-0.39, 0.29) is 0 Å². The van der Waals surface area contributed by atoms with Crippen molar-refractivity contribution in [2.75, 3.05) is 7.05 Å². The van der Waals surface area contributed by atoms with E-state index in [9.17, 15) is 5.21 Å². The van der Waals surface area contributed by atoms with Crippen LogP contribution in [0.4, 0.5) is 0 Å². The number of rotatable bonds is 1. The van der Waals surface area contributed by atoms with Crippen molar-refractivity contribution in [3.05, 3.63) is 39.5 Å². The fourth-order valence-electron chi connectivity index (χ4n) is 0.776. The third-order valence-electron chi connectivity index (χ3n) is 1.23. The van der Waals surface area contributed by atoms with Gasteiger partial charge in [-0.2, -0.15) is 0 Å². The zero-order valence-electron chi connectivity index (χ0n) is 6.12. The summed E-state index contributed by atoms with van der Waals surface area (Å²) in [5.41, 5.74) is 0.894. The molecule has 3 heteroatoms. The summed E-state index contributed by atoms with van der Waals surface area (Å²) in [6.07, 6.45) is 1.52. The van der Waals surface area contributed by atoms with Crippen LogP contribution in [0.3, 0.4) is 0 Å². The molecule has 0 heterocycles. The lowest BCUT2D eigenvalue weighted by atomic mass is 10.2. The molecule has 0 N–H and O–H groups in total. The maximum absolute atomic E-state index is 10.6. The van der Waals surface area contributed by atoms with Gasteiger partial charge in [0.25, 0.3) is 0 Å². The van der Waals surface area contributed by atoms with Crippen molar-refractivity contribution in [3.63, 3.8) is 0 Å². The number of halogens is 1. The van der Waals surface area contributed by atoms with E-state index in [0.29, 0.717) is 0 Å². The van der Waals surface area contributed by atoms with Crippen LogP contribution in [0, 0.1) is 5.21 Å². The molecule has 0 aromatic heterocycles. The Hall–Kier alpha value is -0.830. The average molecular weight is 214 g/mol. The average Bonchev–Trinajstić information content (AvgIpc) is 1.93. The third kappa shape index (κ3) is 2.35. The zero-order chi connectivity index (χ0) is 8.27. The molecule has 1 aromatic carbocycles. The van der Waals surface area contributed by atoms with Gasteiger partial charge in [-0.25, -0.2) is 4.74 Å². The molecule has 0 bridgehead atoms. The van der Waals surface area contributed by atoms with Gasteiger partial charge >= 0.3 is 0 Å². The minimum atomic E-state index is 0.778. The van der Waals surface area contributed by atoms with E-state index in [0.717, 1.165) is 14.8 Å². The van der Waals surface area contributed by atoms with Crippen LogP contribution in [0.2, 0.25) is 0 Å². The first-order valence-electron chi connectivity index (χ1n) is 3.19. The van der Waals surface area contributed by atoms with Gasteiger partial charge in [0, 0.05) is 4.47 Å². The predicted molar refractivity (Wildman–Crippen MR) is 48.9 cm³/mol. The SMILES string of the molecule is C[N+]([O-])=Cc1ccccc1Br. The standard InChI is InChI=1S/C8H8BrNO/c1-10(11)6-7-4-2-3-5-8(7)9/h2-6H,1H3. The van der Waals surface area contributed by atoms with Crippen LogP contribution in [0.15, 0.2) is 28.7 Å². The number of hydrogen-bond acceptors (Lipinski definition) is 1. The number of benzene rings is 1. The number of hydroxylamine groups is 1. The first-order valence-corrected chi connectivity index (χ1v) is 3.99. The third-order valence-corrected chi connectivity index (χ3v) is 1.95. The van der Waals surface area contributed by atoms with Crippen LogP contribution < -0.4 is 0 Å². The molecule has 0 amide bonds. The highest BCUT2D eigenvalue weighted by molar-refractivity contribution is 9.10. The molecule has 0 unspecified atom stereocenters. The van der Waals surface area contributed by atoms with E-state index in [1.54, 1.807) is 0 Å². The summed E-state index contributed by atoms with van der Waals surface area (Å²) in [6, 6.07) is 7.57. The highest BCUT2D eigenvalue weighted by Crippen LogP contribution is 2.12. The fraction of sp³-hybridized carbons (Fsp3) is 0.125. The summed E-state index contributed by atoms with van der Waals surface area (Å²) in [7, 11) is 1.46. The predicted octanol–water partition coefficient (Wildman–Crippen LogP) is 2.01. The molecular weight excluding hydrogens is 206 g/mol. The smallest absolute Gasteiger partial charge is 0.182 e. The molecule has 11 heavy (non-hydrogen) atoms. The quantitative estimate of drug-likeness (QED) is 0.304. The Labute approximate surface area is 73.9 Å². The van der Waals surface area contributed by atoms with Crippen molar-refractivity contribution < 1.29 is 4.74 Å². The van der Waals surface area contributed by atoms with E-state index in [1.807, 2.05) is 24.3 Å². The molecule has 0 fully saturated rings. The van der Waals surface area contributed by atoms with Gasteiger partial charge in [-0.1, -0.05) is 12.1 Å². The van der Waals surface area contributed by atoms with Crippen molar-refractivity contribution >= 4 is 22.1 Å². The molecule has 0 saturated heterocycles. The van der Waals surface area contributed by atoms with Crippen LogP contribution in [0.25, 0.3) is 0 Å².